The molecule has 0 spiro atoms. The minimum Gasteiger partial charge on any atom is -0.288 e. The molecule has 0 saturated carbocycles. The highest BCUT2D eigenvalue weighted by molar-refractivity contribution is 8.14. The lowest BCUT2D eigenvalue weighted by atomic mass is 10.0. The molecule has 1 fully saturated rings. The number of carbonyl (C=O) groups is 2. The van der Waals surface area contributed by atoms with Crippen molar-refractivity contribution >= 4 is 39.3 Å². The summed E-state index contributed by atoms with van der Waals surface area (Å²) < 4.78 is 0. The molecule has 3 rings (SSSR count). The van der Waals surface area contributed by atoms with Crippen LogP contribution in [0.25, 0.3) is 0 Å². The van der Waals surface area contributed by atoms with Crippen LogP contribution < -0.4 is 4.90 Å². The first-order valence-electron chi connectivity index (χ1n) is 6.59. The monoisotopic (exact) mass is 296 g/mol. The first-order chi connectivity index (χ1) is 9.13. The number of anilines is 1. The van der Waals surface area contributed by atoms with Gasteiger partial charge in [0.15, 0.2) is 10.2 Å². The van der Waals surface area contributed by atoms with Gasteiger partial charge in [-0.25, -0.2) is 4.98 Å². The zero-order valence-electron chi connectivity index (χ0n) is 10.8. The van der Waals surface area contributed by atoms with Crippen LogP contribution in [0.1, 0.15) is 36.8 Å². The van der Waals surface area contributed by atoms with E-state index < -0.39 is 0 Å². The summed E-state index contributed by atoms with van der Waals surface area (Å²) in [4.78, 5) is 30.9. The van der Waals surface area contributed by atoms with Gasteiger partial charge in [-0.3, -0.25) is 14.5 Å². The number of amides is 1. The molecule has 6 heteroatoms. The SMILES string of the molecule is CC(=O)SC1CC(=O)N(c2nc3c(s2)CCCC3)C1. The van der Waals surface area contributed by atoms with Crippen LogP contribution in [0.2, 0.25) is 0 Å². The predicted octanol–water partition coefficient (Wildman–Crippen LogP) is 2.41. The van der Waals surface area contributed by atoms with Gasteiger partial charge in [0.1, 0.15) is 0 Å². The summed E-state index contributed by atoms with van der Waals surface area (Å²) in [5, 5.41) is 1.01. The van der Waals surface area contributed by atoms with Crippen molar-refractivity contribution in [2.24, 2.45) is 0 Å². The highest BCUT2D eigenvalue weighted by Crippen LogP contribution is 2.35. The fraction of sp³-hybridized carbons (Fsp3) is 0.615. The van der Waals surface area contributed by atoms with Gasteiger partial charge >= 0.3 is 0 Å². The second-order valence-corrected chi connectivity index (χ2v) is 7.55. The number of rotatable bonds is 2. The molecule has 1 unspecified atom stereocenters. The number of aromatic nitrogens is 1. The van der Waals surface area contributed by atoms with Gasteiger partial charge < -0.3 is 0 Å². The molecule has 1 aliphatic carbocycles. The molecule has 2 heterocycles. The lowest BCUT2D eigenvalue weighted by Gasteiger charge is -2.11. The average Bonchev–Trinajstić information content (AvgIpc) is 2.91. The average molecular weight is 296 g/mol. The largest absolute Gasteiger partial charge is 0.288 e. The molecule has 0 radical (unpaired) electrons. The summed E-state index contributed by atoms with van der Waals surface area (Å²) >= 11 is 2.93. The van der Waals surface area contributed by atoms with E-state index in [-0.39, 0.29) is 16.3 Å². The van der Waals surface area contributed by atoms with E-state index in [1.165, 1.54) is 35.2 Å². The third kappa shape index (κ3) is 2.69. The molecule has 0 aromatic carbocycles. The highest BCUT2D eigenvalue weighted by atomic mass is 32.2. The van der Waals surface area contributed by atoms with Crippen LogP contribution in [0.5, 0.6) is 0 Å². The molecule has 1 amide bonds. The van der Waals surface area contributed by atoms with Gasteiger partial charge in [0, 0.05) is 30.0 Å². The van der Waals surface area contributed by atoms with Gasteiger partial charge in [-0.1, -0.05) is 11.8 Å². The molecule has 1 atom stereocenters. The van der Waals surface area contributed by atoms with Crippen molar-refractivity contribution in [3.63, 3.8) is 0 Å². The Labute approximate surface area is 120 Å². The maximum absolute atomic E-state index is 12.0. The molecule has 0 bridgehead atoms. The standard InChI is InChI=1S/C13H16N2O2S2/c1-8(16)18-9-6-12(17)15(7-9)13-14-10-4-2-3-5-11(10)19-13/h9H,2-7H2,1H3. The minimum atomic E-state index is 0.0816. The molecule has 2 aliphatic rings. The molecule has 4 nitrogen and oxygen atoms in total. The zero-order chi connectivity index (χ0) is 13.4. The predicted molar refractivity (Wildman–Crippen MR) is 77.8 cm³/mol. The van der Waals surface area contributed by atoms with Crippen LogP contribution in [0.4, 0.5) is 5.13 Å². The van der Waals surface area contributed by atoms with Crippen molar-refractivity contribution in [2.45, 2.75) is 44.3 Å². The van der Waals surface area contributed by atoms with Crippen LogP contribution in [0.3, 0.4) is 0 Å². The van der Waals surface area contributed by atoms with E-state index in [1.807, 2.05) is 0 Å². The smallest absolute Gasteiger partial charge is 0.230 e. The van der Waals surface area contributed by atoms with Gasteiger partial charge in [0.05, 0.1) is 5.69 Å². The molecule has 1 aromatic heterocycles. The molecule has 0 N–H and O–H groups in total. The van der Waals surface area contributed by atoms with Crippen molar-refractivity contribution < 1.29 is 9.59 Å². The molecule has 102 valence electrons. The maximum atomic E-state index is 12.0. The first kappa shape index (κ1) is 13.1. The summed E-state index contributed by atoms with van der Waals surface area (Å²) in [6.07, 6.45) is 5.02. The fourth-order valence-corrected chi connectivity index (χ4v) is 4.72. The maximum Gasteiger partial charge on any atom is 0.230 e. The van der Waals surface area contributed by atoms with Crippen molar-refractivity contribution in [3.8, 4) is 0 Å². The van der Waals surface area contributed by atoms with Crippen LogP contribution >= 0.6 is 23.1 Å². The number of nitrogens with zero attached hydrogens (tertiary/aromatic N) is 2. The Morgan fingerprint density at radius 1 is 1.42 bits per heavy atom. The van der Waals surface area contributed by atoms with Crippen molar-refractivity contribution in [3.05, 3.63) is 10.6 Å². The second-order valence-electron chi connectivity index (χ2n) is 5.01. The normalized spacial score (nSPS) is 22.7. The topological polar surface area (TPSA) is 50.3 Å². The van der Waals surface area contributed by atoms with Gasteiger partial charge in [-0.05, 0) is 25.7 Å². The Morgan fingerprint density at radius 3 is 2.95 bits per heavy atom. The molecule has 19 heavy (non-hydrogen) atoms. The van der Waals surface area contributed by atoms with Gasteiger partial charge in [0.25, 0.3) is 0 Å². The van der Waals surface area contributed by atoms with Crippen LogP contribution in [-0.4, -0.2) is 27.8 Å². The van der Waals surface area contributed by atoms with Crippen LogP contribution in [0.15, 0.2) is 0 Å². The Hall–Kier alpha value is -0.880. The van der Waals surface area contributed by atoms with E-state index in [2.05, 4.69) is 4.98 Å². The molecular weight excluding hydrogens is 280 g/mol. The number of thioether (sulfide) groups is 1. The van der Waals surface area contributed by atoms with Gasteiger partial charge in [0.2, 0.25) is 5.91 Å². The Kier molecular flexibility index (Phi) is 3.62. The van der Waals surface area contributed by atoms with Crippen molar-refractivity contribution in [2.75, 3.05) is 11.4 Å². The fourth-order valence-electron chi connectivity index (χ4n) is 2.63. The number of carbonyl (C=O) groups excluding carboxylic acids is 2. The quantitative estimate of drug-likeness (QED) is 0.841. The van der Waals surface area contributed by atoms with E-state index >= 15 is 0 Å². The van der Waals surface area contributed by atoms with Gasteiger partial charge in [-0.2, -0.15) is 0 Å². The van der Waals surface area contributed by atoms with Crippen LogP contribution in [-0.2, 0) is 22.4 Å². The Bertz CT molecular complexity index is 503. The van der Waals surface area contributed by atoms with E-state index in [1.54, 1.807) is 23.2 Å². The molecule has 1 saturated heterocycles. The summed E-state index contributed by atoms with van der Waals surface area (Å²) in [7, 11) is 0. The number of hydrogen-bond acceptors (Lipinski definition) is 5. The lowest BCUT2D eigenvalue weighted by Crippen LogP contribution is -2.24. The van der Waals surface area contributed by atoms with Crippen LogP contribution in [0, 0.1) is 0 Å². The van der Waals surface area contributed by atoms with Gasteiger partial charge in [-0.15, -0.1) is 11.3 Å². The van der Waals surface area contributed by atoms with Crippen molar-refractivity contribution in [1.29, 1.82) is 0 Å². The molecule has 1 aromatic rings. The summed E-state index contributed by atoms with van der Waals surface area (Å²) in [6.45, 7) is 2.18. The summed E-state index contributed by atoms with van der Waals surface area (Å²) in [5.41, 5.74) is 1.18. The third-order valence-corrected chi connectivity index (χ3v) is 5.65. The lowest BCUT2D eigenvalue weighted by molar-refractivity contribution is -0.117. The number of thiazole rings is 1. The zero-order valence-corrected chi connectivity index (χ0v) is 12.5. The highest BCUT2D eigenvalue weighted by Gasteiger charge is 2.34. The Morgan fingerprint density at radius 2 is 2.21 bits per heavy atom. The number of aryl methyl sites for hydroxylation is 2. The number of hydrogen-bond donors (Lipinski definition) is 0. The summed E-state index contributed by atoms with van der Waals surface area (Å²) in [6, 6.07) is 0. The Balaban J connectivity index is 1.77. The number of fused-ring (bicyclic) bond motifs is 1. The summed E-state index contributed by atoms with van der Waals surface area (Å²) in [5.74, 6) is 0.102. The van der Waals surface area contributed by atoms with E-state index in [9.17, 15) is 9.59 Å². The first-order valence-corrected chi connectivity index (χ1v) is 8.29. The van der Waals surface area contributed by atoms with E-state index in [0.717, 1.165) is 18.0 Å². The van der Waals surface area contributed by atoms with E-state index in [4.69, 9.17) is 0 Å². The second kappa shape index (κ2) is 5.25. The third-order valence-electron chi connectivity index (χ3n) is 3.49. The minimum absolute atomic E-state index is 0.0816. The van der Waals surface area contributed by atoms with E-state index in [0.29, 0.717) is 13.0 Å². The molecular formula is C13H16N2O2S2. The van der Waals surface area contributed by atoms with Crippen molar-refractivity contribution in [1.82, 2.24) is 4.98 Å². The molecule has 1 aliphatic heterocycles.